The van der Waals surface area contributed by atoms with Gasteiger partial charge in [-0.05, 0) is 47.8 Å². The zero-order valence-electron chi connectivity index (χ0n) is 9.89. The van der Waals surface area contributed by atoms with Gasteiger partial charge in [-0.15, -0.1) is 0 Å². The van der Waals surface area contributed by atoms with Gasteiger partial charge in [-0.3, -0.25) is 4.79 Å². The van der Waals surface area contributed by atoms with Crippen molar-refractivity contribution in [2.45, 2.75) is 25.3 Å². The van der Waals surface area contributed by atoms with Gasteiger partial charge in [0.15, 0.2) is 0 Å². The number of amides is 1. The Bertz CT molecular complexity index is 506. The Hall–Kier alpha value is -1.43. The second-order valence-electron chi connectivity index (χ2n) is 4.47. The van der Waals surface area contributed by atoms with Crippen molar-refractivity contribution in [3.63, 3.8) is 0 Å². The van der Waals surface area contributed by atoms with Crippen molar-refractivity contribution in [2.24, 2.45) is 0 Å². The lowest BCUT2D eigenvalue weighted by atomic mass is 9.99. The minimum absolute atomic E-state index is 0.256. The molecule has 1 N–H and O–H groups in total. The van der Waals surface area contributed by atoms with Crippen molar-refractivity contribution in [3.05, 3.63) is 28.5 Å². The second-order valence-corrected chi connectivity index (χ2v) is 5.33. The van der Waals surface area contributed by atoms with Gasteiger partial charge in [-0.1, -0.05) is 0 Å². The van der Waals surface area contributed by atoms with Crippen LogP contribution in [0.1, 0.15) is 30.3 Å². The Morgan fingerprint density at radius 1 is 1.56 bits per heavy atom. The van der Waals surface area contributed by atoms with Gasteiger partial charge in [0.05, 0.1) is 0 Å². The summed E-state index contributed by atoms with van der Waals surface area (Å²) in [5.41, 5.74) is -0.875. The van der Waals surface area contributed by atoms with Gasteiger partial charge in [-0.2, -0.15) is 0 Å². The third-order valence-electron chi connectivity index (χ3n) is 3.31. The summed E-state index contributed by atoms with van der Waals surface area (Å²) < 4.78 is 0.578. The number of carboxylic acids is 1. The van der Waals surface area contributed by atoms with Crippen LogP contribution in [-0.2, 0) is 4.79 Å². The van der Waals surface area contributed by atoms with Gasteiger partial charge in [0, 0.05) is 17.2 Å². The number of carbonyl (C=O) groups excluding carboxylic acids is 1. The van der Waals surface area contributed by atoms with Crippen LogP contribution in [0.15, 0.2) is 22.8 Å². The molecule has 5 nitrogen and oxygen atoms in total. The van der Waals surface area contributed by atoms with E-state index in [0.717, 1.165) is 0 Å². The van der Waals surface area contributed by atoms with Crippen LogP contribution in [0.2, 0.25) is 0 Å². The molecule has 0 bridgehead atoms. The summed E-state index contributed by atoms with van der Waals surface area (Å²) >= 11 is 3.26. The maximum Gasteiger partial charge on any atom is 0.329 e. The minimum atomic E-state index is -1.13. The van der Waals surface area contributed by atoms with E-state index in [1.165, 1.54) is 11.1 Å². The number of hydrogen-bond donors (Lipinski definition) is 1. The predicted octanol–water partition coefficient (Wildman–Crippen LogP) is 1.92. The molecular weight excluding hydrogens is 300 g/mol. The molecule has 6 heteroatoms. The molecule has 0 radical (unpaired) electrons. The van der Waals surface area contributed by atoms with E-state index in [-0.39, 0.29) is 11.6 Å². The summed E-state index contributed by atoms with van der Waals surface area (Å²) in [4.78, 5) is 29.1. The molecule has 0 aromatic carbocycles. The fourth-order valence-corrected chi connectivity index (χ4v) is 2.61. The molecule has 18 heavy (non-hydrogen) atoms. The monoisotopic (exact) mass is 312 g/mol. The second kappa shape index (κ2) is 4.68. The molecular formula is C12H13BrN2O3. The summed E-state index contributed by atoms with van der Waals surface area (Å²) in [5.74, 6) is -1.31. The number of rotatable bonds is 2. The minimum Gasteiger partial charge on any atom is -0.480 e. The molecule has 0 saturated carbocycles. The molecule has 1 atom stereocenters. The van der Waals surface area contributed by atoms with Crippen molar-refractivity contribution in [3.8, 4) is 0 Å². The first-order valence-corrected chi connectivity index (χ1v) is 6.42. The number of pyridine rings is 1. The number of hydrogen-bond acceptors (Lipinski definition) is 3. The maximum atomic E-state index is 12.4. The van der Waals surface area contributed by atoms with Gasteiger partial charge in [-0.25, -0.2) is 9.78 Å². The lowest BCUT2D eigenvalue weighted by Crippen LogP contribution is -2.51. The first-order valence-electron chi connectivity index (χ1n) is 5.62. The third kappa shape index (κ3) is 2.01. The highest BCUT2D eigenvalue weighted by Gasteiger charge is 2.46. The Kier molecular flexibility index (Phi) is 3.38. The number of nitrogens with zero attached hydrogens (tertiary/aromatic N) is 2. The van der Waals surface area contributed by atoms with Gasteiger partial charge < -0.3 is 10.0 Å². The Labute approximate surface area is 113 Å². The van der Waals surface area contributed by atoms with Crippen molar-refractivity contribution in [2.75, 3.05) is 6.54 Å². The molecule has 1 aliphatic rings. The highest BCUT2D eigenvalue weighted by molar-refractivity contribution is 9.10. The summed E-state index contributed by atoms with van der Waals surface area (Å²) in [5, 5.41) is 9.28. The largest absolute Gasteiger partial charge is 0.480 e. The first-order chi connectivity index (χ1) is 8.47. The van der Waals surface area contributed by atoms with Crippen LogP contribution in [0.4, 0.5) is 0 Å². The Morgan fingerprint density at radius 2 is 2.28 bits per heavy atom. The van der Waals surface area contributed by atoms with E-state index in [2.05, 4.69) is 20.9 Å². The van der Waals surface area contributed by atoms with E-state index in [9.17, 15) is 14.7 Å². The normalized spacial score (nSPS) is 23.1. The Balaban J connectivity index is 2.35. The molecule has 96 valence electrons. The summed E-state index contributed by atoms with van der Waals surface area (Å²) in [6.45, 7) is 2.03. The number of carboxylic acid groups (broad SMARTS) is 1. The van der Waals surface area contributed by atoms with Crippen LogP contribution in [-0.4, -0.2) is 39.0 Å². The standard InChI is InChI=1S/C12H13BrN2O3/c1-12(11(17)18)5-3-7-15(12)10(16)9-8(13)4-2-6-14-9/h2,4,6H,3,5,7H2,1H3,(H,17,18). The van der Waals surface area contributed by atoms with E-state index in [4.69, 9.17) is 0 Å². The molecule has 2 rings (SSSR count). The molecule has 0 spiro atoms. The zero-order chi connectivity index (χ0) is 13.3. The first kappa shape index (κ1) is 13.0. The van der Waals surface area contributed by atoms with E-state index in [1.807, 2.05) is 0 Å². The quantitative estimate of drug-likeness (QED) is 0.905. The highest BCUT2D eigenvalue weighted by Crippen LogP contribution is 2.31. The molecule has 1 saturated heterocycles. The zero-order valence-corrected chi connectivity index (χ0v) is 11.5. The third-order valence-corrected chi connectivity index (χ3v) is 3.95. The molecule has 1 unspecified atom stereocenters. The van der Waals surface area contributed by atoms with Crippen LogP contribution in [0, 0.1) is 0 Å². The number of likely N-dealkylation sites (tertiary alicyclic amines) is 1. The predicted molar refractivity (Wildman–Crippen MR) is 68.2 cm³/mol. The summed E-state index contributed by atoms with van der Waals surface area (Å²) in [7, 11) is 0. The van der Waals surface area contributed by atoms with Crippen LogP contribution in [0.25, 0.3) is 0 Å². The van der Waals surface area contributed by atoms with Crippen LogP contribution < -0.4 is 0 Å². The van der Waals surface area contributed by atoms with Crippen LogP contribution >= 0.6 is 15.9 Å². The van der Waals surface area contributed by atoms with Gasteiger partial charge in [0.25, 0.3) is 5.91 Å². The fraction of sp³-hybridized carbons (Fsp3) is 0.417. The SMILES string of the molecule is CC1(C(=O)O)CCCN1C(=O)c1ncccc1Br. The Morgan fingerprint density at radius 3 is 2.89 bits per heavy atom. The highest BCUT2D eigenvalue weighted by atomic mass is 79.9. The van der Waals surface area contributed by atoms with Gasteiger partial charge in [0.2, 0.25) is 0 Å². The summed E-state index contributed by atoms with van der Waals surface area (Å²) in [6, 6.07) is 3.43. The number of aliphatic carboxylic acids is 1. The number of carbonyl (C=O) groups is 2. The van der Waals surface area contributed by atoms with Gasteiger partial charge in [0.1, 0.15) is 11.2 Å². The molecule has 1 amide bonds. The van der Waals surface area contributed by atoms with E-state index < -0.39 is 11.5 Å². The average molecular weight is 313 g/mol. The van der Waals surface area contributed by atoms with Crippen molar-refractivity contribution in [1.29, 1.82) is 0 Å². The number of aromatic nitrogens is 1. The smallest absolute Gasteiger partial charge is 0.329 e. The summed E-state index contributed by atoms with van der Waals surface area (Å²) in [6.07, 6.45) is 2.68. The molecule has 1 fully saturated rings. The molecule has 2 heterocycles. The lowest BCUT2D eigenvalue weighted by Gasteiger charge is -2.31. The topological polar surface area (TPSA) is 70.5 Å². The maximum absolute atomic E-state index is 12.4. The number of halogens is 1. The average Bonchev–Trinajstić information content (AvgIpc) is 2.72. The van der Waals surface area contributed by atoms with Crippen LogP contribution in [0.5, 0.6) is 0 Å². The van der Waals surface area contributed by atoms with E-state index >= 15 is 0 Å². The molecule has 1 aromatic rings. The van der Waals surface area contributed by atoms with Crippen LogP contribution in [0.3, 0.4) is 0 Å². The van der Waals surface area contributed by atoms with E-state index in [1.54, 1.807) is 19.1 Å². The fourth-order valence-electron chi connectivity index (χ4n) is 2.18. The van der Waals surface area contributed by atoms with Gasteiger partial charge >= 0.3 is 5.97 Å². The van der Waals surface area contributed by atoms with Crippen molar-refractivity contribution in [1.82, 2.24) is 9.88 Å². The molecule has 1 aliphatic heterocycles. The molecule has 1 aromatic heterocycles. The van der Waals surface area contributed by atoms with E-state index in [0.29, 0.717) is 23.9 Å². The van der Waals surface area contributed by atoms with Crippen molar-refractivity contribution < 1.29 is 14.7 Å². The molecule has 0 aliphatic carbocycles. The van der Waals surface area contributed by atoms with Crippen molar-refractivity contribution >= 4 is 27.8 Å². The lowest BCUT2D eigenvalue weighted by molar-refractivity contribution is -0.147.